The molecule has 6 nitrogen and oxygen atoms in total. The molecule has 1 aromatic carbocycles. The largest absolute Gasteiger partial charge is 0.493 e. The van der Waals surface area contributed by atoms with Gasteiger partial charge >= 0.3 is 0 Å². The topological polar surface area (TPSA) is 74.1 Å². The molecule has 0 radical (unpaired) electrons. The van der Waals surface area contributed by atoms with Crippen LogP contribution < -0.4 is 10.1 Å². The molecule has 8 heteroatoms. The summed E-state index contributed by atoms with van der Waals surface area (Å²) in [6.07, 6.45) is 8.88. The van der Waals surface area contributed by atoms with Crippen molar-refractivity contribution in [2.75, 3.05) is 36.6 Å². The van der Waals surface area contributed by atoms with Crippen LogP contribution in [0.1, 0.15) is 60.4 Å². The predicted molar refractivity (Wildman–Crippen MR) is 149 cm³/mol. The van der Waals surface area contributed by atoms with Crippen molar-refractivity contribution in [3.8, 4) is 22.4 Å². The molecule has 2 aromatic heterocycles. The van der Waals surface area contributed by atoms with E-state index in [9.17, 15) is 5.26 Å². The van der Waals surface area contributed by atoms with E-state index in [1.165, 1.54) is 37.1 Å². The number of ether oxygens (including phenoxy) is 1. The fourth-order valence-electron chi connectivity index (χ4n) is 5.12. The van der Waals surface area contributed by atoms with Gasteiger partial charge in [0.15, 0.2) is 0 Å². The van der Waals surface area contributed by atoms with Gasteiger partial charge in [-0.2, -0.15) is 5.26 Å². The smallest absolute Gasteiger partial charge is 0.227 e. The Morgan fingerprint density at radius 1 is 1.22 bits per heavy atom. The number of hydrogen-bond acceptors (Lipinski definition) is 8. The Morgan fingerprint density at radius 3 is 2.92 bits per heavy atom. The third kappa shape index (κ3) is 6.03. The molecule has 0 amide bonds. The van der Waals surface area contributed by atoms with E-state index in [2.05, 4.69) is 28.2 Å². The van der Waals surface area contributed by atoms with Gasteiger partial charge < -0.3 is 10.1 Å². The van der Waals surface area contributed by atoms with Crippen molar-refractivity contribution < 1.29 is 4.74 Å². The number of thioether (sulfide) groups is 1. The molecule has 2 fully saturated rings. The number of nitrogens with zero attached hydrogens (tertiary/aromatic N) is 4. The molecule has 36 heavy (non-hydrogen) atoms. The Kier molecular flexibility index (Phi) is 8.42. The first kappa shape index (κ1) is 25.1. The van der Waals surface area contributed by atoms with Gasteiger partial charge in [-0.3, -0.25) is 4.90 Å². The molecule has 3 heterocycles. The molecule has 1 saturated carbocycles. The summed E-state index contributed by atoms with van der Waals surface area (Å²) in [5.74, 6) is 4.22. The molecule has 1 aliphatic heterocycles. The van der Waals surface area contributed by atoms with Gasteiger partial charge in [0, 0.05) is 47.5 Å². The maximum atomic E-state index is 9.89. The molecule has 188 valence electrons. The third-order valence-corrected chi connectivity index (χ3v) is 9.10. The Balaban J connectivity index is 1.29. The Morgan fingerprint density at radius 2 is 2.11 bits per heavy atom. The summed E-state index contributed by atoms with van der Waals surface area (Å²) in [5.41, 5.74) is 3.83. The van der Waals surface area contributed by atoms with Crippen molar-refractivity contribution in [2.45, 2.75) is 51.4 Å². The maximum Gasteiger partial charge on any atom is 0.227 e. The molecule has 0 bridgehead atoms. The molecular formula is C28H33N5OS2. The summed E-state index contributed by atoms with van der Waals surface area (Å²) in [6, 6.07) is 12.4. The highest BCUT2D eigenvalue weighted by Gasteiger charge is 2.26. The molecule has 3 aromatic rings. The van der Waals surface area contributed by atoms with E-state index < -0.39 is 0 Å². The van der Waals surface area contributed by atoms with Gasteiger partial charge in [-0.25, -0.2) is 9.97 Å². The molecule has 0 atom stereocenters. The van der Waals surface area contributed by atoms with Crippen LogP contribution in [0, 0.1) is 18.3 Å². The molecular weight excluding hydrogens is 486 g/mol. The van der Waals surface area contributed by atoms with E-state index in [1.807, 2.05) is 42.1 Å². The maximum absolute atomic E-state index is 9.89. The van der Waals surface area contributed by atoms with Gasteiger partial charge in [-0.1, -0.05) is 25.3 Å². The van der Waals surface area contributed by atoms with Gasteiger partial charge in [0.2, 0.25) is 5.95 Å². The first-order chi connectivity index (χ1) is 17.7. The minimum atomic E-state index is 0.442. The van der Waals surface area contributed by atoms with Crippen LogP contribution in [0.25, 0.3) is 10.6 Å². The Bertz CT molecular complexity index is 1210. The lowest BCUT2D eigenvalue weighted by Gasteiger charge is -2.22. The molecule has 5 rings (SSSR count). The fourth-order valence-corrected chi connectivity index (χ4v) is 7.31. The number of anilines is 2. The lowest BCUT2D eigenvalue weighted by atomic mass is 9.82. The van der Waals surface area contributed by atoms with Gasteiger partial charge in [0.25, 0.3) is 0 Å². The average Bonchev–Trinajstić information content (AvgIpc) is 3.55. The zero-order valence-corrected chi connectivity index (χ0v) is 22.5. The Labute approximate surface area is 222 Å². The number of benzene rings is 1. The zero-order chi connectivity index (χ0) is 24.7. The van der Waals surface area contributed by atoms with E-state index >= 15 is 0 Å². The third-order valence-electron chi connectivity index (χ3n) is 6.94. The summed E-state index contributed by atoms with van der Waals surface area (Å²) < 4.78 is 6.01. The molecule has 1 N–H and O–H groups in total. The van der Waals surface area contributed by atoms with Crippen LogP contribution in [0.15, 0.2) is 36.5 Å². The zero-order valence-electron chi connectivity index (χ0n) is 20.8. The minimum absolute atomic E-state index is 0.442. The first-order valence-electron chi connectivity index (χ1n) is 12.9. The van der Waals surface area contributed by atoms with E-state index in [1.54, 1.807) is 17.5 Å². The standard InChI is InChI=1S/C28H33N5OS2/c1-20-24(18-29)26(21-7-3-2-4-8-21)27(36-20)25-11-12-30-28(32-25)31-22-9-5-10-23(17-22)34-15-6-13-33-14-16-35-19-33/h5,9-12,17,21H,2-4,6-8,13-16,19H2,1H3,(H,30,31,32). The summed E-state index contributed by atoms with van der Waals surface area (Å²) in [7, 11) is 0. The van der Waals surface area contributed by atoms with E-state index in [4.69, 9.17) is 9.72 Å². The average molecular weight is 520 g/mol. The van der Waals surface area contributed by atoms with Crippen molar-refractivity contribution in [1.29, 1.82) is 5.26 Å². The summed E-state index contributed by atoms with van der Waals surface area (Å²) in [5, 5.41) is 13.2. The second-order valence-electron chi connectivity index (χ2n) is 9.50. The van der Waals surface area contributed by atoms with Crippen molar-refractivity contribution >= 4 is 34.7 Å². The summed E-state index contributed by atoms with van der Waals surface area (Å²) in [6.45, 7) is 5.03. The number of hydrogen-bond donors (Lipinski definition) is 1. The van der Waals surface area contributed by atoms with E-state index in [0.717, 1.165) is 64.1 Å². The monoisotopic (exact) mass is 519 g/mol. The number of rotatable bonds is 9. The van der Waals surface area contributed by atoms with Crippen LogP contribution in [-0.2, 0) is 0 Å². The summed E-state index contributed by atoms with van der Waals surface area (Å²) in [4.78, 5) is 14.0. The van der Waals surface area contributed by atoms with Crippen molar-refractivity contribution in [2.24, 2.45) is 0 Å². The SMILES string of the molecule is Cc1sc(-c2ccnc(Nc3cccc(OCCCN4CCSC4)c3)n2)c(C2CCCCC2)c1C#N. The van der Waals surface area contributed by atoms with Gasteiger partial charge in [-0.05, 0) is 55.9 Å². The van der Waals surface area contributed by atoms with E-state index in [0.29, 0.717) is 18.5 Å². The van der Waals surface area contributed by atoms with E-state index in [-0.39, 0.29) is 0 Å². The molecule has 1 saturated heterocycles. The highest BCUT2D eigenvalue weighted by atomic mass is 32.2. The van der Waals surface area contributed by atoms with Crippen molar-refractivity contribution in [1.82, 2.24) is 14.9 Å². The highest BCUT2D eigenvalue weighted by Crippen LogP contribution is 2.44. The number of thiophene rings is 1. The highest BCUT2D eigenvalue weighted by molar-refractivity contribution is 7.99. The number of nitrogens with one attached hydrogen (secondary N) is 1. The minimum Gasteiger partial charge on any atom is -0.493 e. The van der Waals surface area contributed by atoms with Crippen LogP contribution in [0.5, 0.6) is 5.75 Å². The van der Waals surface area contributed by atoms with Crippen LogP contribution >= 0.6 is 23.1 Å². The lowest BCUT2D eigenvalue weighted by molar-refractivity contribution is 0.269. The second-order valence-corrected chi connectivity index (χ2v) is 11.8. The molecule has 1 aliphatic carbocycles. The van der Waals surface area contributed by atoms with Gasteiger partial charge in [0.05, 0.1) is 22.7 Å². The Hall–Kier alpha value is -2.60. The van der Waals surface area contributed by atoms with Gasteiger partial charge in [0.1, 0.15) is 11.8 Å². The number of aromatic nitrogens is 2. The lowest BCUT2D eigenvalue weighted by Crippen LogP contribution is -2.22. The molecule has 2 aliphatic rings. The predicted octanol–water partition coefficient (Wildman–Crippen LogP) is 6.95. The number of aryl methyl sites for hydroxylation is 1. The van der Waals surface area contributed by atoms with Gasteiger partial charge in [-0.15, -0.1) is 23.1 Å². The van der Waals surface area contributed by atoms with Crippen LogP contribution in [-0.4, -0.2) is 46.2 Å². The second kappa shape index (κ2) is 12.1. The van der Waals surface area contributed by atoms with Crippen LogP contribution in [0.2, 0.25) is 0 Å². The normalized spacial score (nSPS) is 16.7. The summed E-state index contributed by atoms with van der Waals surface area (Å²) >= 11 is 3.69. The number of nitriles is 1. The van der Waals surface area contributed by atoms with Crippen molar-refractivity contribution in [3.05, 3.63) is 52.5 Å². The van der Waals surface area contributed by atoms with Crippen LogP contribution in [0.3, 0.4) is 0 Å². The first-order valence-corrected chi connectivity index (χ1v) is 14.8. The van der Waals surface area contributed by atoms with Crippen LogP contribution in [0.4, 0.5) is 11.6 Å². The van der Waals surface area contributed by atoms with Crippen molar-refractivity contribution in [3.63, 3.8) is 0 Å². The molecule has 0 unspecified atom stereocenters. The quantitative estimate of drug-likeness (QED) is 0.307. The molecule has 0 spiro atoms. The fraction of sp³-hybridized carbons (Fsp3) is 0.464.